The van der Waals surface area contributed by atoms with Gasteiger partial charge in [-0.1, -0.05) is 67.6 Å². The molecule has 0 saturated heterocycles. The summed E-state index contributed by atoms with van der Waals surface area (Å²) < 4.78 is 2.04. The monoisotopic (exact) mass is 317 g/mol. The molecule has 0 fully saturated rings. The molecule has 0 N–H and O–H groups in total. The van der Waals surface area contributed by atoms with Crippen molar-refractivity contribution in [2.75, 3.05) is 0 Å². The highest BCUT2D eigenvalue weighted by Gasteiger charge is 2.30. The molecule has 1 unspecified atom stereocenters. The molecule has 1 aromatic heterocycles. The van der Waals surface area contributed by atoms with Crippen molar-refractivity contribution in [3.8, 4) is 0 Å². The van der Waals surface area contributed by atoms with E-state index in [1.807, 2.05) is 16.7 Å². The molecular weight excluding hydrogens is 298 g/mol. The third kappa shape index (κ3) is 2.58. The summed E-state index contributed by atoms with van der Waals surface area (Å²) in [4.78, 5) is 7.04. The number of aromatic nitrogens is 3. The van der Waals surface area contributed by atoms with Crippen molar-refractivity contribution in [3.05, 3.63) is 78.1 Å². The Labute approximate surface area is 141 Å². The highest BCUT2D eigenvalue weighted by Crippen LogP contribution is 2.33. The van der Waals surface area contributed by atoms with E-state index in [9.17, 15) is 0 Å². The van der Waals surface area contributed by atoms with E-state index in [1.54, 1.807) is 6.33 Å². The minimum atomic E-state index is 0.0175. The molecule has 0 bridgehead atoms. The average molecular weight is 317 g/mol. The molecule has 5 nitrogen and oxygen atoms in total. The summed E-state index contributed by atoms with van der Waals surface area (Å²) in [5, 5.41) is 8.24. The van der Waals surface area contributed by atoms with Gasteiger partial charge in [-0.05, 0) is 11.1 Å². The molecule has 1 atom stereocenters. The molecule has 1 aliphatic rings. The Bertz CT molecular complexity index is 838. The van der Waals surface area contributed by atoms with Gasteiger partial charge in [0.1, 0.15) is 18.3 Å². The summed E-state index contributed by atoms with van der Waals surface area (Å²) in [7, 11) is 0. The first-order chi connectivity index (χ1) is 11.9. The maximum atomic E-state index is 4.71. The van der Waals surface area contributed by atoms with Crippen LogP contribution in [0.5, 0.6) is 0 Å². The summed E-state index contributed by atoms with van der Waals surface area (Å²) in [6, 6.07) is 20.9. The minimum absolute atomic E-state index is 0.0175. The third-order valence-electron chi connectivity index (χ3n) is 4.28. The Balaban J connectivity index is 1.81. The maximum absolute atomic E-state index is 4.71. The van der Waals surface area contributed by atoms with Gasteiger partial charge < -0.3 is 4.90 Å². The molecule has 0 aliphatic carbocycles. The topological polar surface area (TPSA) is 46.3 Å². The van der Waals surface area contributed by atoms with Crippen molar-refractivity contribution in [2.45, 2.75) is 26.1 Å². The first kappa shape index (κ1) is 14.6. The first-order valence-electron chi connectivity index (χ1n) is 8.19. The van der Waals surface area contributed by atoms with Gasteiger partial charge in [0.15, 0.2) is 0 Å². The second-order valence-corrected chi connectivity index (χ2v) is 5.82. The first-order valence-corrected chi connectivity index (χ1v) is 8.19. The maximum Gasteiger partial charge on any atom is 0.254 e. The summed E-state index contributed by atoms with van der Waals surface area (Å²) in [6.07, 6.45) is 2.63. The molecule has 0 amide bonds. The van der Waals surface area contributed by atoms with Crippen LogP contribution in [0.3, 0.4) is 0 Å². The lowest BCUT2D eigenvalue weighted by atomic mass is 10.1. The summed E-state index contributed by atoms with van der Waals surface area (Å²) in [5.74, 6) is 1.71. The zero-order valence-corrected chi connectivity index (χ0v) is 13.6. The average Bonchev–Trinajstić information content (AvgIpc) is 3.10. The standard InChI is InChI=1S/C19H19N5/c1-2-17-21-19-22-20-14-24(19)18(16-11-7-4-8-12-16)23(17)13-15-9-5-3-6-10-15/h3-12,14,18H,2,13H2,1H3. The third-order valence-corrected chi connectivity index (χ3v) is 4.28. The summed E-state index contributed by atoms with van der Waals surface area (Å²) in [6.45, 7) is 2.93. The van der Waals surface area contributed by atoms with Crippen molar-refractivity contribution in [1.29, 1.82) is 0 Å². The highest BCUT2D eigenvalue weighted by molar-refractivity contribution is 5.85. The Kier molecular flexibility index (Phi) is 3.83. The Hall–Kier alpha value is -2.95. The van der Waals surface area contributed by atoms with Gasteiger partial charge >= 0.3 is 0 Å². The van der Waals surface area contributed by atoms with Gasteiger partial charge in [0.25, 0.3) is 5.95 Å². The van der Waals surface area contributed by atoms with E-state index < -0.39 is 0 Å². The van der Waals surface area contributed by atoms with Crippen LogP contribution in [0.2, 0.25) is 0 Å². The van der Waals surface area contributed by atoms with Crippen LogP contribution in [-0.2, 0) is 6.54 Å². The molecule has 1 aliphatic heterocycles. The second-order valence-electron chi connectivity index (χ2n) is 5.82. The molecule has 24 heavy (non-hydrogen) atoms. The van der Waals surface area contributed by atoms with E-state index in [-0.39, 0.29) is 6.17 Å². The fourth-order valence-corrected chi connectivity index (χ4v) is 3.17. The van der Waals surface area contributed by atoms with Crippen molar-refractivity contribution in [1.82, 2.24) is 19.7 Å². The normalized spacial score (nSPS) is 16.6. The van der Waals surface area contributed by atoms with Gasteiger partial charge in [0.2, 0.25) is 0 Å². The van der Waals surface area contributed by atoms with Crippen molar-refractivity contribution in [3.63, 3.8) is 0 Å². The predicted octanol–water partition coefficient (Wildman–Crippen LogP) is 3.78. The van der Waals surface area contributed by atoms with Crippen LogP contribution in [0, 0.1) is 0 Å². The van der Waals surface area contributed by atoms with E-state index in [2.05, 4.69) is 70.6 Å². The van der Waals surface area contributed by atoms with Crippen LogP contribution in [0.1, 0.15) is 30.6 Å². The lowest BCUT2D eigenvalue weighted by Gasteiger charge is -2.38. The van der Waals surface area contributed by atoms with Gasteiger partial charge in [0.05, 0.1) is 0 Å². The van der Waals surface area contributed by atoms with Crippen molar-refractivity contribution < 1.29 is 0 Å². The largest absolute Gasteiger partial charge is 0.331 e. The van der Waals surface area contributed by atoms with Gasteiger partial charge in [-0.2, -0.15) is 4.99 Å². The number of rotatable bonds is 4. The Morgan fingerprint density at radius 1 is 0.958 bits per heavy atom. The molecule has 2 aromatic carbocycles. The van der Waals surface area contributed by atoms with Gasteiger partial charge in [-0.3, -0.25) is 4.57 Å². The summed E-state index contributed by atoms with van der Waals surface area (Å²) in [5.41, 5.74) is 2.46. The van der Waals surface area contributed by atoms with E-state index in [0.29, 0.717) is 5.95 Å². The van der Waals surface area contributed by atoms with Crippen LogP contribution in [0.15, 0.2) is 72.0 Å². The number of hydrogen-bond donors (Lipinski definition) is 0. The van der Waals surface area contributed by atoms with Gasteiger partial charge in [-0.25, -0.2) is 0 Å². The fraction of sp³-hybridized carbons (Fsp3) is 0.211. The number of fused-ring (bicyclic) bond motifs is 1. The molecule has 4 rings (SSSR count). The quantitative estimate of drug-likeness (QED) is 0.735. The fourth-order valence-electron chi connectivity index (χ4n) is 3.17. The van der Waals surface area contributed by atoms with E-state index >= 15 is 0 Å². The number of nitrogens with zero attached hydrogens (tertiary/aromatic N) is 5. The lowest BCUT2D eigenvalue weighted by Crippen LogP contribution is -2.40. The van der Waals surface area contributed by atoms with E-state index in [0.717, 1.165) is 18.8 Å². The smallest absolute Gasteiger partial charge is 0.254 e. The molecule has 0 spiro atoms. The molecular formula is C19H19N5. The van der Waals surface area contributed by atoms with E-state index in [4.69, 9.17) is 4.99 Å². The molecule has 0 radical (unpaired) electrons. The molecule has 3 aromatic rings. The van der Waals surface area contributed by atoms with Crippen LogP contribution < -0.4 is 0 Å². The van der Waals surface area contributed by atoms with Gasteiger partial charge in [0, 0.05) is 13.0 Å². The van der Waals surface area contributed by atoms with Crippen LogP contribution in [0.4, 0.5) is 5.95 Å². The molecule has 0 saturated carbocycles. The lowest BCUT2D eigenvalue weighted by molar-refractivity contribution is 0.258. The van der Waals surface area contributed by atoms with Crippen LogP contribution >= 0.6 is 0 Å². The number of hydrogen-bond acceptors (Lipinski definition) is 4. The molecule has 120 valence electrons. The van der Waals surface area contributed by atoms with Gasteiger partial charge in [-0.15, -0.1) is 10.2 Å². The molecule has 2 heterocycles. The van der Waals surface area contributed by atoms with E-state index in [1.165, 1.54) is 11.1 Å². The van der Waals surface area contributed by atoms with Crippen molar-refractivity contribution >= 4 is 11.8 Å². The summed E-state index contributed by atoms with van der Waals surface area (Å²) >= 11 is 0. The van der Waals surface area contributed by atoms with Crippen molar-refractivity contribution in [2.24, 2.45) is 4.99 Å². The number of aliphatic imine (C=N–C) groups is 1. The van der Waals surface area contributed by atoms with Crippen LogP contribution in [0.25, 0.3) is 0 Å². The SMILES string of the molecule is CCC1=Nc2nncn2C(c2ccccc2)N1Cc1ccccc1. The predicted molar refractivity (Wildman–Crippen MR) is 94.0 cm³/mol. The Morgan fingerprint density at radius 2 is 1.67 bits per heavy atom. The molecule has 5 heteroatoms. The minimum Gasteiger partial charge on any atom is -0.331 e. The zero-order chi connectivity index (χ0) is 16.4. The van der Waals surface area contributed by atoms with Crippen LogP contribution in [-0.4, -0.2) is 25.5 Å². The Morgan fingerprint density at radius 3 is 2.38 bits per heavy atom. The highest BCUT2D eigenvalue weighted by atomic mass is 15.4. The zero-order valence-electron chi connectivity index (χ0n) is 13.6. The second kappa shape index (κ2) is 6.28. The number of benzene rings is 2. The number of amidine groups is 1.